The number of oxime groups is 1. The van der Waals surface area contributed by atoms with Gasteiger partial charge in [0, 0.05) is 23.8 Å². The maximum Gasteiger partial charge on any atom is 0.416 e. The summed E-state index contributed by atoms with van der Waals surface area (Å²) in [5.41, 5.74) is 11.3. The van der Waals surface area contributed by atoms with Crippen molar-refractivity contribution in [1.29, 1.82) is 0 Å². The number of amides is 1. The smallest absolute Gasteiger partial charge is 0.416 e. The molecule has 0 unspecified atom stereocenters. The number of amidine groups is 1. The van der Waals surface area contributed by atoms with E-state index in [1.54, 1.807) is 19.9 Å². The molecule has 0 aliphatic heterocycles. The van der Waals surface area contributed by atoms with Crippen molar-refractivity contribution in [3.8, 4) is 17.0 Å². The molecule has 0 aliphatic carbocycles. The van der Waals surface area contributed by atoms with Gasteiger partial charge in [-0.05, 0) is 55.3 Å². The monoisotopic (exact) mass is 623 g/mol. The third-order valence-corrected chi connectivity index (χ3v) is 6.42. The fourth-order valence-corrected chi connectivity index (χ4v) is 4.31. The number of anilines is 2. The molecule has 0 aliphatic rings. The lowest BCUT2D eigenvalue weighted by Gasteiger charge is -2.17. The van der Waals surface area contributed by atoms with Gasteiger partial charge in [-0.1, -0.05) is 41.6 Å². The van der Waals surface area contributed by atoms with Gasteiger partial charge < -0.3 is 32.0 Å². The van der Waals surface area contributed by atoms with Gasteiger partial charge in [-0.25, -0.2) is 4.98 Å². The molecule has 0 saturated carbocycles. The van der Waals surface area contributed by atoms with Crippen LogP contribution in [0, 0.1) is 0 Å². The summed E-state index contributed by atoms with van der Waals surface area (Å²) >= 11 is 0. The number of hydrogen-bond donors (Lipinski definition) is 5. The minimum atomic E-state index is -4.69. The summed E-state index contributed by atoms with van der Waals surface area (Å²) in [6.45, 7) is 3.15. The van der Waals surface area contributed by atoms with Gasteiger partial charge >= 0.3 is 6.18 Å². The molecule has 0 bridgehead atoms. The van der Waals surface area contributed by atoms with Crippen LogP contribution in [-0.4, -0.2) is 32.4 Å². The fourth-order valence-electron chi connectivity index (χ4n) is 4.31. The van der Waals surface area contributed by atoms with E-state index in [1.807, 2.05) is 30.3 Å². The topological polar surface area (TPSA) is 170 Å². The molecule has 1 aromatic heterocycles. The van der Waals surface area contributed by atoms with Gasteiger partial charge in [-0.2, -0.15) is 13.2 Å². The molecule has 1 amide bonds. The number of carbonyl (C=O) groups is 1. The zero-order valence-corrected chi connectivity index (χ0v) is 24.4. The summed E-state index contributed by atoms with van der Waals surface area (Å²) in [6, 6.07) is 16.5. The molecule has 4 aromatic rings. The van der Waals surface area contributed by atoms with Crippen LogP contribution < -0.4 is 27.7 Å². The summed E-state index contributed by atoms with van der Waals surface area (Å²) in [5, 5.41) is 19.9. The second-order valence-corrected chi connectivity index (χ2v) is 10.4. The van der Waals surface area contributed by atoms with E-state index in [1.165, 1.54) is 24.4 Å². The Bertz CT molecular complexity index is 1760. The van der Waals surface area contributed by atoms with Crippen molar-refractivity contribution in [2.75, 3.05) is 11.1 Å². The first-order valence-electron chi connectivity index (χ1n) is 13.7. The predicted octanol–water partition coefficient (Wildman–Crippen LogP) is 4.19. The van der Waals surface area contributed by atoms with Crippen molar-refractivity contribution in [2.45, 2.75) is 45.8 Å². The quantitative estimate of drug-likeness (QED) is 0.0717. The Labute approximate surface area is 256 Å². The van der Waals surface area contributed by atoms with Crippen LogP contribution in [0.15, 0.2) is 82.9 Å². The summed E-state index contributed by atoms with van der Waals surface area (Å²) in [6.07, 6.45) is -3.48. The number of rotatable bonds is 11. The Morgan fingerprint density at radius 1 is 1.09 bits per heavy atom. The Balaban J connectivity index is 1.51. The molecular weight excluding hydrogens is 591 g/mol. The number of nitrogens with two attached hydrogens (primary N) is 2. The third-order valence-electron chi connectivity index (χ3n) is 6.42. The summed E-state index contributed by atoms with van der Waals surface area (Å²) < 4.78 is 41.5. The van der Waals surface area contributed by atoms with Gasteiger partial charge in [0.2, 0.25) is 5.91 Å². The van der Waals surface area contributed by atoms with Crippen LogP contribution in [0.2, 0.25) is 0 Å². The highest BCUT2D eigenvalue weighted by molar-refractivity contribution is 5.99. The van der Waals surface area contributed by atoms with E-state index in [0.717, 1.165) is 22.3 Å². The van der Waals surface area contributed by atoms with Gasteiger partial charge in [0.15, 0.2) is 11.7 Å². The molecule has 11 nitrogen and oxygen atoms in total. The number of nitrogen functional groups attached to an aromatic ring is 1. The van der Waals surface area contributed by atoms with Crippen molar-refractivity contribution >= 4 is 23.2 Å². The van der Waals surface area contributed by atoms with Crippen molar-refractivity contribution in [3.05, 3.63) is 106 Å². The molecule has 1 heterocycles. The molecule has 0 saturated heterocycles. The van der Waals surface area contributed by atoms with Crippen LogP contribution in [0.1, 0.15) is 36.1 Å². The van der Waals surface area contributed by atoms with Gasteiger partial charge in [-0.15, -0.1) is 0 Å². The van der Waals surface area contributed by atoms with Crippen molar-refractivity contribution in [1.82, 2.24) is 14.9 Å². The number of aromatic hydroxyl groups is 1. The average molecular weight is 624 g/mol. The first-order valence-corrected chi connectivity index (χ1v) is 13.7. The van der Waals surface area contributed by atoms with E-state index in [-0.39, 0.29) is 59.1 Å². The Morgan fingerprint density at radius 2 is 1.82 bits per heavy atom. The number of nitrogens with one attached hydrogen (secondary N) is 2. The molecule has 4 rings (SSSR count). The second kappa shape index (κ2) is 13.8. The molecule has 45 heavy (non-hydrogen) atoms. The summed E-state index contributed by atoms with van der Waals surface area (Å²) in [5.74, 6) is -0.955. The van der Waals surface area contributed by atoms with Gasteiger partial charge in [0.05, 0.1) is 23.0 Å². The lowest BCUT2D eigenvalue weighted by atomic mass is 10.1. The minimum absolute atomic E-state index is 0.0338. The number of nitrogens with zero attached hydrogens (tertiary/aromatic N) is 3. The Hall–Kier alpha value is -5.53. The fraction of sp³-hybridized carbons (Fsp3) is 0.226. The number of hydrogen-bond acceptors (Lipinski definition) is 8. The Kier molecular flexibility index (Phi) is 9.96. The van der Waals surface area contributed by atoms with E-state index >= 15 is 0 Å². The number of carbonyl (C=O) groups excluding carboxylic acids is 1. The first-order chi connectivity index (χ1) is 21.3. The summed E-state index contributed by atoms with van der Waals surface area (Å²) in [7, 11) is 0. The third kappa shape index (κ3) is 8.53. The molecule has 0 atom stereocenters. The van der Waals surface area contributed by atoms with Crippen LogP contribution in [0.4, 0.5) is 24.7 Å². The molecule has 14 heteroatoms. The maximum absolute atomic E-state index is 13.5. The zero-order chi connectivity index (χ0) is 32.7. The molecular formula is C31H32F3N7O4. The summed E-state index contributed by atoms with van der Waals surface area (Å²) in [4.78, 5) is 35.7. The van der Waals surface area contributed by atoms with E-state index in [0.29, 0.717) is 5.56 Å². The van der Waals surface area contributed by atoms with Crippen molar-refractivity contribution < 1.29 is 27.9 Å². The van der Waals surface area contributed by atoms with Crippen LogP contribution in [0.3, 0.4) is 0 Å². The van der Waals surface area contributed by atoms with Crippen LogP contribution in [0.25, 0.3) is 11.3 Å². The SMILES string of the molecule is CC(C)Nc1ncc(-c2cc(N)cc(C(F)(F)F)c2)n(CC(=O)NCc2ccc(/C(N)=N/OCc3ccccc3)c(O)c2)c1=O. The van der Waals surface area contributed by atoms with E-state index in [2.05, 4.69) is 20.8 Å². The van der Waals surface area contributed by atoms with Crippen molar-refractivity contribution in [2.24, 2.45) is 10.9 Å². The van der Waals surface area contributed by atoms with Crippen LogP contribution >= 0.6 is 0 Å². The first kappa shape index (κ1) is 32.4. The van der Waals surface area contributed by atoms with Gasteiger partial charge in [0.25, 0.3) is 5.56 Å². The lowest BCUT2D eigenvalue weighted by molar-refractivity contribution is -0.137. The van der Waals surface area contributed by atoms with E-state index < -0.39 is 29.8 Å². The molecule has 236 valence electrons. The molecule has 7 N–H and O–H groups in total. The van der Waals surface area contributed by atoms with Crippen LogP contribution in [-0.2, 0) is 35.5 Å². The highest BCUT2D eigenvalue weighted by Gasteiger charge is 2.31. The largest absolute Gasteiger partial charge is 0.507 e. The number of halogens is 3. The lowest BCUT2D eigenvalue weighted by Crippen LogP contribution is -2.35. The van der Waals surface area contributed by atoms with Gasteiger partial charge in [0.1, 0.15) is 18.9 Å². The Morgan fingerprint density at radius 3 is 2.49 bits per heavy atom. The normalized spacial score (nSPS) is 11.8. The number of aromatic nitrogens is 2. The highest BCUT2D eigenvalue weighted by Crippen LogP contribution is 2.34. The number of phenolic OH excluding ortho intramolecular Hbond substituents is 1. The highest BCUT2D eigenvalue weighted by atomic mass is 19.4. The maximum atomic E-state index is 13.5. The van der Waals surface area contributed by atoms with E-state index in [4.69, 9.17) is 16.3 Å². The molecule has 0 radical (unpaired) electrons. The second-order valence-electron chi connectivity index (χ2n) is 10.4. The number of benzene rings is 3. The van der Waals surface area contributed by atoms with Crippen molar-refractivity contribution in [3.63, 3.8) is 0 Å². The minimum Gasteiger partial charge on any atom is -0.507 e. The average Bonchev–Trinajstić information content (AvgIpc) is 2.97. The predicted molar refractivity (Wildman–Crippen MR) is 164 cm³/mol. The van der Waals surface area contributed by atoms with Crippen LogP contribution in [0.5, 0.6) is 5.75 Å². The zero-order valence-electron chi connectivity index (χ0n) is 24.4. The van der Waals surface area contributed by atoms with Gasteiger partial charge in [-0.3, -0.25) is 14.2 Å². The van der Waals surface area contributed by atoms with E-state index in [9.17, 15) is 27.9 Å². The standard InChI is InChI=1S/C31H32F3N7O4/c1-18(2)39-29-30(44)41(25(15-38-29)21-11-22(31(32,33)34)13-23(35)12-21)16-27(43)37-14-20-8-9-24(26(42)10-20)28(36)40-45-17-19-6-4-3-5-7-19/h3-13,15,18,42H,14,16-17,35H2,1-2H3,(H2,36,40)(H,37,43)(H,38,39). The molecule has 0 spiro atoms. The number of phenols is 1. The molecule has 3 aromatic carbocycles. The number of alkyl halides is 3. The molecule has 0 fully saturated rings.